The number of hydrogen-bond donors (Lipinski definition) is 2. The van der Waals surface area contributed by atoms with Gasteiger partial charge in [0.2, 0.25) is 0 Å². The van der Waals surface area contributed by atoms with Crippen molar-refractivity contribution in [1.82, 2.24) is 0 Å². The lowest BCUT2D eigenvalue weighted by Gasteiger charge is -2.16. The van der Waals surface area contributed by atoms with Crippen molar-refractivity contribution in [2.45, 2.75) is 31.9 Å². The molecule has 0 spiro atoms. The number of ether oxygens (including phenoxy) is 1. The molecule has 4 nitrogen and oxygen atoms in total. The fourth-order valence-electron chi connectivity index (χ4n) is 1.67. The molecule has 0 radical (unpaired) electrons. The molecule has 0 amide bonds. The van der Waals surface area contributed by atoms with Crippen LogP contribution in [0.1, 0.15) is 18.9 Å². The lowest BCUT2D eigenvalue weighted by molar-refractivity contribution is -0.153. The average molecular weight is 351 g/mol. The summed E-state index contributed by atoms with van der Waals surface area (Å²) >= 11 is 9.40. The van der Waals surface area contributed by atoms with E-state index in [4.69, 9.17) is 22.1 Å². The average Bonchev–Trinajstić information content (AvgIpc) is 2.33. The van der Waals surface area contributed by atoms with Gasteiger partial charge in [0.05, 0.1) is 6.61 Å². The van der Waals surface area contributed by atoms with Gasteiger partial charge in [-0.3, -0.25) is 0 Å². The number of esters is 1. The second-order valence-electron chi connectivity index (χ2n) is 4.20. The Morgan fingerprint density at radius 1 is 1.58 bits per heavy atom. The van der Waals surface area contributed by atoms with Gasteiger partial charge in [-0.25, -0.2) is 4.79 Å². The van der Waals surface area contributed by atoms with Crippen LogP contribution < -0.4 is 5.73 Å². The highest BCUT2D eigenvalue weighted by Crippen LogP contribution is 2.22. The molecule has 6 heteroatoms. The molecule has 0 bridgehead atoms. The molecule has 0 aromatic heterocycles. The monoisotopic (exact) mass is 349 g/mol. The molecule has 0 aliphatic heterocycles. The fourth-order valence-corrected chi connectivity index (χ4v) is 2.43. The van der Waals surface area contributed by atoms with Gasteiger partial charge in [0, 0.05) is 15.5 Å². The highest BCUT2D eigenvalue weighted by Gasteiger charge is 2.20. The summed E-state index contributed by atoms with van der Waals surface area (Å²) in [5.74, 6) is -0.639. The Labute approximate surface area is 126 Å². The number of halogens is 2. The largest absolute Gasteiger partial charge is 0.464 e. The SMILES string of the molecule is CCOC(=O)[C@H](O)C[C@H](N)Cc1ccc(Br)cc1Cl. The van der Waals surface area contributed by atoms with Crippen LogP contribution in [0.5, 0.6) is 0 Å². The van der Waals surface area contributed by atoms with Gasteiger partial charge >= 0.3 is 5.97 Å². The number of aliphatic hydroxyl groups is 1. The standard InChI is InChI=1S/C13H17BrClNO3/c1-2-19-13(18)12(17)7-10(16)5-8-3-4-9(14)6-11(8)15/h3-4,6,10,12,17H,2,5,7,16H2,1H3/t10-,12-/m1/s1. The van der Waals surface area contributed by atoms with Gasteiger partial charge in [-0.15, -0.1) is 0 Å². The van der Waals surface area contributed by atoms with Crippen LogP contribution in [-0.2, 0) is 16.0 Å². The minimum Gasteiger partial charge on any atom is -0.464 e. The number of hydrogen-bond acceptors (Lipinski definition) is 4. The molecule has 3 N–H and O–H groups in total. The molecule has 0 saturated carbocycles. The summed E-state index contributed by atoms with van der Waals surface area (Å²) in [6.07, 6.45) is -0.558. The van der Waals surface area contributed by atoms with Gasteiger partial charge in [0.25, 0.3) is 0 Å². The van der Waals surface area contributed by atoms with Gasteiger partial charge in [-0.2, -0.15) is 0 Å². The van der Waals surface area contributed by atoms with E-state index in [0.717, 1.165) is 10.0 Å². The molecule has 0 unspecified atom stereocenters. The second kappa shape index (κ2) is 7.85. The third-order valence-corrected chi connectivity index (χ3v) is 3.43. The highest BCUT2D eigenvalue weighted by atomic mass is 79.9. The number of carbonyl (C=O) groups excluding carboxylic acids is 1. The van der Waals surface area contributed by atoms with Crippen LogP contribution in [0.4, 0.5) is 0 Å². The highest BCUT2D eigenvalue weighted by molar-refractivity contribution is 9.10. The van der Waals surface area contributed by atoms with Crippen molar-refractivity contribution in [2.24, 2.45) is 5.73 Å². The zero-order chi connectivity index (χ0) is 14.4. The van der Waals surface area contributed by atoms with Gasteiger partial charge in [0.1, 0.15) is 0 Å². The maximum absolute atomic E-state index is 11.3. The van der Waals surface area contributed by atoms with E-state index < -0.39 is 12.1 Å². The molecule has 1 aromatic carbocycles. The molecule has 0 heterocycles. The summed E-state index contributed by atoms with van der Waals surface area (Å²) in [5, 5.41) is 10.2. The topological polar surface area (TPSA) is 72.5 Å². The first kappa shape index (κ1) is 16.4. The van der Waals surface area contributed by atoms with E-state index in [9.17, 15) is 9.90 Å². The van der Waals surface area contributed by atoms with Crippen LogP contribution in [0.2, 0.25) is 5.02 Å². The van der Waals surface area contributed by atoms with Crippen LogP contribution >= 0.6 is 27.5 Å². The molecule has 0 aliphatic rings. The zero-order valence-corrected chi connectivity index (χ0v) is 12.9. The number of carbonyl (C=O) groups is 1. The van der Waals surface area contributed by atoms with Gasteiger partial charge in [0.15, 0.2) is 6.10 Å². The smallest absolute Gasteiger partial charge is 0.335 e. The third kappa shape index (κ3) is 5.48. The van der Waals surface area contributed by atoms with E-state index in [-0.39, 0.29) is 19.1 Å². The van der Waals surface area contributed by atoms with Crippen molar-refractivity contribution < 1.29 is 14.6 Å². The minimum atomic E-state index is -1.19. The van der Waals surface area contributed by atoms with E-state index in [1.807, 2.05) is 12.1 Å². The Morgan fingerprint density at radius 3 is 2.84 bits per heavy atom. The van der Waals surface area contributed by atoms with Crippen LogP contribution in [0.3, 0.4) is 0 Å². The molecule has 19 heavy (non-hydrogen) atoms. The lowest BCUT2D eigenvalue weighted by Crippen LogP contribution is -2.33. The van der Waals surface area contributed by atoms with Crippen LogP contribution in [-0.4, -0.2) is 29.8 Å². The number of aliphatic hydroxyl groups excluding tert-OH is 1. The molecule has 0 fully saturated rings. The van der Waals surface area contributed by atoms with E-state index in [1.54, 1.807) is 13.0 Å². The number of benzene rings is 1. The molecular formula is C13H17BrClNO3. The van der Waals surface area contributed by atoms with Gasteiger partial charge in [-0.05, 0) is 37.5 Å². The molecular weight excluding hydrogens is 334 g/mol. The number of rotatable bonds is 6. The minimum absolute atomic E-state index is 0.144. The molecule has 0 aliphatic carbocycles. The Morgan fingerprint density at radius 2 is 2.26 bits per heavy atom. The predicted octanol–water partition coefficient (Wildman–Crippen LogP) is 2.29. The maximum Gasteiger partial charge on any atom is 0.335 e. The normalized spacial score (nSPS) is 13.9. The summed E-state index contributed by atoms with van der Waals surface area (Å²) in [7, 11) is 0. The molecule has 106 valence electrons. The van der Waals surface area contributed by atoms with E-state index >= 15 is 0 Å². The molecule has 1 rings (SSSR count). The zero-order valence-electron chi connectivity index (χ0n) is 10.6. The van der Waals surface area contributed by atoms with E-state index in [2.05, 4.69) is 15.9 Å². The Balaban J connectivity index is 2.55. The molecule has 1 aromatic rings. The third-order valence-electron chi connectivity index (χ3n) is 2.58. The molecule has 2 atom stereocenters. The van der Waals surface area contributed by atoms with E-state index in [1.165, 1.54) is 0 Å². The van der Waals surface area contributed by atoms with Crippen molar-refractivity contribution in [2.75, 3.05) is 6.61 Å². The van der Waals surface area contributed by atoms with E-state index in [0.29, 0.717) is 11.4 Å². The Hall–Kier alpha value is -0.620. The van der Waals surface area contributed by atoms with Gasteiger partial charge in [-0.1, -0.05) is 33.6 Å². The first-order valence-electron chi connectivity index (χ1n) is 5.98. The van der Waals surface area contributed by atoms with Crippen molar-refractivity contribution in [3.8, 4) is 0 Å². The second-order valence-corrected chi connectivity index (χ2v) is 5.53. The molecule has 0 saturated heterocycles. The van der Waals surface area contributed by atoms with Crippen LogP contribution in [0, 0.1) is 0 Å². The predicted molar refractivity (Wildman–Crippen MR) is 78.1 cm³/mol. The summed E-state index contributed by atoms with van der Waals surface area (Å²) in [4.78, 5) is 11.3. The summed E-state index contributed by atoms with van der Waals surface area (Å²) in [6.45, 7) is 1.93. The number of nitrogens with two attached hydrogens (primary N) is 1. The first-order valence-corrected chi connectivity index (χ1v) is 7.15. The van der Waals surface area contributed by atoms with Crippen molar-refractivity contribution in [3.63, 3.8) is 0 Å². The van der Waals surface area contributed by atoms with Gasteiger partial charge < -0.3 is 15.6 Å². The summed E-state index contributed by atoms with van der Waals surface area (Å²) in [5.41, 5.74) is 6.79. The maximum atomic E-state index is 11.3. The van der Waals surface area contributed by atoms with Crippen molar-refractivity contribution in [1.29, 1.82) is 0 Å². The van der Waals surface area contributed by atoms with Crippen molar-refractivity contribution >= 4 is 33.5 Å². The quantitative estimate of drug-likeness (QED) is 0.772. The fraction of sp³-hybridized carbons (Fsp3) is 0.462. The summed E-state index contributed by atoms with van der Waals surface area (Å²) < 4.78 is 5.61. The Bertz CT molecular complexity index is 442. The summed E-state index contributed by atoms with van der Waals surface area (Å²) in [6, 6.07) is 5.16. The van der Waals surface area contributed by atoms with Crippen LogP contribution in [0.15, 0.2) is 22.7 Å². The first-order chi connectivity index (χ1) is 8.93. The van der Waals surface area contributed by atoms with Crippen LogP contribution in [0.25, 0.3) is 0 Å². The lowest BCUT2D eigenvalue weighted by atomic mass is 10.0. The van der Waals surface area contributed by atoms with Crippen molar-refractivity contribution in [3.05, 3.63) is 33.3 Å². The Kier molecular flexibility index (Phi) is 6.79.